The molecule has 0 aliphatic heterocycles. The lowest BCUT2D eigenvalue weighted by Crippen LogP contribution is -2.56. The van der Waals surface area contributed by atoms with Crippen molar-refractivity contribution in [1.29, 1.82) is 0 Å². The summed E-state index contributed by atoms with van der Waals surface area (Å²) in [4.78, 5) is 88.8. The number of ether oxygens (including phenoxy) is 4. The van der Waals surface area contributed by atoms with Crippen molar-refractivity contribution in [3.05, 3.63) is 47.6 Å². The Kier molecular flexibility index (Phi) is 11.7. The van der Waals surface area contributed by atoms with Crippen LogP contribution < -0.4 is 0 Å². The SMILES string of the molecule is CC1CC2C3CCC4=CC(=O)C=CC4(C)C3C(O)CC2(C)C1C(=O)COC(=O)OCOC(=O)CCC(=O)OCC(=O)C1CCC2C3CCC4=CC(=O)C=CC4(C)C3C(O)CC12C. The second kappa shape index (κ2) is 16.4. The molecule has 8 rings (SSSR count). The minimum absolute atomic E-state index is 0.00366. The molecular formula is C49H62O13. The number of carbonyl (C=O) groups is 7. The third-order valence-corrected chi connectivity index (χ3v) is 17.7. The minimum Gasteiger partial charge on any atom is -0.458 e. The Bertz CT molecular complexity index is 2050. The van der Waals surface area contributed by atoms with E-state index in [0.717, 1.165) is 49.7 Å². The highest BCUT2D eigenvalue weighted by atomic mass is 16.8. The van der Waals surface area contributed by atoms with Crippen molar-refractivity contribution < 1.29 is 62.7 Å². The van der Waals surface area contributed by atoms with Gasteiger partial charge in [-0.2, -0.15) is 0 Å². The highest BCUT2D eigenvalue weighted by molar-refractivity contribution is 6.01. The highest BCUT2D eigenvalue weighted by Crippen LogP contribution is 2.68. The molecule has 13 heteroatoms. The van der Waals surface area contributed by atoms with E-state index in [1.165, 1.54) is 0 Å². The number of aliphatic hydroxyl groups excluding tert-OH is 2. The van der Waals surface area contributed by atoms with Gasteiger partial charge in [0.15, 0.2) is 29.7 Å². The Balaban J connectivity index is 0.747. The average molecular weight is 859 g/mol. The second-order valence-corrected chi connectivity index (χ2v) is 20.8. The van der Waals surface area contributed by atoms with E-state index in [1.807, 2.05) is 19.1 Å². The predicted molar refractivity (Wildman–Crippen MR) is 221 cm³/mol. The lowest BCUT2D eigenvalue weighted by Gasteiger charge is -2.58. The molecule has 0 aromatic carbocycles. The van der Waals surface area contributed by atoms with E-state index in [9.17, 15) is 43.8 Å². The zero-order chi connectivity index (χ0) is 44.5. The van der Waals surface area contributed by atoms with Crippen molar-refractivity contribution in [1.82, 2.24) is 0 Å². The monoisotopic (exact) mass is 858 g/mol. The van der Waals surface area contributed by atoms with Crippen LogP contribution in [0.2, 0.25) is 0 Å². The van der Waals surface area contributed by atoms with Gasteiger partial charge in [-0.1, -0.05) is 57.9 Å². The molecule has 62 heavy (non-hydrogen) atoms. The predicted octanol–water partition coefficient (Wildman–Crippen LogP) is 6.14. The maximum atomic E-state index is 13.7. The summed E-state index contributed by atoms with van der Waals surface area (Å²) in [6.45, 7) is 8.62. The van der Waals surface area contributed by atoms with Crippen molar-refractivity contribution in [3.8, 4) is 0 Å². The lowest BCUT2D eigenvalue weighted by atomic mass is 9.46. The molecule has 0 spiro atoms. The Labute approximate surface area is 363 Å². The number of fused-ring (bicyclic) bond motifs is 10. The molecule has 8 aliphatic rings. The minimum atomic E-state index is -1.19. The van der Waals surface area contributed by atoms with E-state index in [2.05, 4.69) is 27.7 Å². The number of aliphatic hydroxyl groups is 2. The van der Waals surface area contributed by atoms with Crippen molar-refractivity contribution in [2.75, 3.05) is 20.0 Å². The molecule has 0 saturated heterocycles. The molecule has 0 aromatic heterocycles. The molecule has 6 saturated carbocycles. The van der Waals surface area contributed by atoms with Crippen LogP contribution in [0.25, 0.3) is 0 Å². The molecule has 8 aliphatic carbocycles. The van der Waals surface area contributed by atoms with Gasteiger partial charge >= 0.3 is 18.1 Å². The number of ketones is 4. The summed E-state index contributed by atoms with van der Waals surface area (Å²) in [7, 11) is 0. The van der Waals surface area contributed by atoms with E-state index < -0.39 is 77.9 Å². The van der Waals surface area contributed by atoms with Gasteiger partial charge in [-0.3, -0.25) is 28.8 Å². The first-order chi connectivity index (χ1) is 29.3. The molecule has 0 amide bonds. The summed E-state index contributed by atoms with van der Waals surface area (Å²) in [5, 5.41) is 23.2. The second-order valence-electron chi connectivity index (χ2n) is 20.8. The summed E-state index contributed by atoms with van der Waals surface area (Å²) >= 11 is 0. The van der Waals surface area contributed by atoms with Gasteiger partial charge in [0, 0.05) is 34.5 Å². The van der Waals surface area contributed by atoms with Crippen LogP contribution in [0, 0.1) is 74.9 Å². The van der Waals surface area contributed by atoms with Crippen LogP contribution in [0.5, 0.6) is 0 Å². The number of allylic oxidation sites excluding steroid dienone is 8. The first-order valence-electron chi connectivity index (χ1n) is 22.7. The number of hydrogen-bond acceptors (Lipinski definition) is 13. The van der Waals surface area contributed by atoms with Crippen LogP contribution in [0.1, 0.15) is 105 Å². The molecule has 0 aromatic rings. The Hall–Kier alpha value is -4.23. The number of hydrogen-bond donors (Lipinski definition) is 2. The summed E-state index contributed by atoms with van der Waals surface area (Å²) in [6, 6.07) is 0. The summed E-state index contributed by atoms with van der Waals surface area (Å²) in [5.74, 6) is -2.29. The fourth-order valence-corrected chi connectivity index (χ4v) is 15.2. The van der Waals surface area contributed by atoms with E-state index in [0.29, 0.717) is 19.3 Å². The number of esters is 2. The molecule has 13 nitrogen and oxygen atoms in total. The van der Waals surface area contributed by atoms with Crippen LogP contribution in [0.3, 0.4) is 0 Å². The van der Waals surface area contributed by atoms with Crippen LogP contribution in [-0.2, 0) is 47.7 Å². The normalized spacial score (nSPS) is 42.4. The van der Waals surface area contributed by atoms with Gasteiger partial charge in [0.2, 0.25) is 6.79 Å². The summed E-state index contributed by atoms with van der Waals surface area (Å²) in [6.07, 6.45) is 13.7. The Morgan fingerprint density at radius 2 is 1.19 bits per heavy atom. The van der Waals surface area contributed by atoms with E-state index in [1.54, 1.807) is 24.3 Å². The van der Waals surface area contributed by atoms with Crippen molar-refractivity contribution in [2.24, 2.45) is 74.9 Å². The van der Waals surface area contributed by atoms with E-state index in [-0.39, 0.29) is 83.3 Å². The third-order valence-electron chi connectivity index (χ3n) is 17.7. The highest BCUT2D eigenvalue weighted by Gasteiger charge is 2.65. The molecule has 336 valence electrons. The van der Waals surface area contributed by atoms with Gasteiger partial charge in [-0.25, -0.2) is 4.79 Å². The quantitative estimate of drug-likeness (QED) is 0.137. The molecular weight excluding hydrogens is 797 g/mol. The Morgan fingerprint density at radius 3 is 1.79 bits per heavy atom. The van der Waals surface area contributed by atoms with Crippen LogP contribution in [0.4, 0.5) is 4.79 Å². The molecule has 6 fully saturated rings. The topological polar surface area (TPSA) is 197 Å². The van der Waals surface area contributed by atoms with E-state index >= 15 is 0 Å². The molecule has 0 heterocycles. The fraction of sp³-hybridized carbons (Fsp3) is 0.694. The van der Waals surface area contributed by atoms with Crippen molar-refractivity contribution >= 4 is 41.2 Å². The van der Waals surface area contributed by atoms with Gasteiger partial charge < -0.3 is 29.2 Å². The molecule has 15 unspecified atom stereocenters. The van der Waals surface area contributed by atoms with E-state index in [4.69, 9.17) is 18.9 Å². The summed E-state index contributed by atoms with van der Waals surface area (Å²) in [5.41, 5.74) is 0.363. The van der Waals surface area contributed by atoms with Crippen LogP contribution >= 0.6 is 0 Å². The molecule has 0 bridgehead atoms. The van der Waals surface area contributed by atoms with Crippen LogP contribution in [0.15, 0.2) is 47.6 Å². The number of rotatable bonds is 11. The maximum Gasteiger partial charge on any atom is 0.511 e. The van der Waals surface area contributed by atoms with Gasteiger partial charge in [0.05, 0.1) is 25.0 Å². The summed E-state index contributed by atoms with van der Waals surface area (Å²) < 4.78 is 20.3. The van der Waals surface area contributed by atoms with Crippen molar-refractivity contribution in [2.45, 2.75) is 117 Å². The van der Waals surface area contributed by atoms with Gasteiger partial charge in [0.1, 0.15) is 6.61 Å². The fourth-order valence-electron chi connectivity index (χ4n) is 15.2. The zero-order valence-corrected chi connectivity index (χ0v) is 36.6. The molecule has 15 atom stereocenters. The largest absolute Gasteiger partial charge is 0.511 e. The first kappa shape index (κ1) is 44.4. The smallest absolute Gasteiger partial charge is 0.458 e. The first-order valence-corrected chi connectivity index (χ1v) is 22.7. The maximum absolute atomic E-state index is 13.7. The molecule has 0 radical (unpaired) electrons. The van der Waals surface area contributed by atoms with Crippen LogP contribution in [-0.4, -0.2) is 83.7 Å². The zero-order valence-electron chi connectivity index (χ0n) is 36.6. The number of Topliss-reactive ketones (excluding diaryl/α,β-unsaturated/α-hetero) is 2. The van der Waals surface area contributed by atoms with Gasteiger partial charge in [-0.15, -0.1) is 0 Å². The standard InChI is InChI=1S/C49H62O13/c1-26-18-35-32-9-7-28-20-30(51)15-17-47(28,3)44(32)37(53)22-49(35,5)42(26)39(55)24-60-45(58)62-25-61-41(57)13-12-40(56)59-23-38(54)34-11-10-33-31-8-6-27-19-29(50)14-16-46(27,2)43(31)36(52)21-48(33,34)4/h14-17,19-20,26,31-37,42-44,52-53H,6-13,18,21-25H2,1-5H3. The van der Waals surface area contributed by atoms with Gasteiger partial charge in [0.25, 0.3) is 0 Å². The third kappa shape index (κ3) is 7.46. The molecule has 2 N–H and O–H groups in total. The number of carbonyl (C=O) groups excluding carboxylic acids is 7. The Morgan fingerprint density at radius 1 is 0.661 bits per heavy atom. The van der Waals surface area contributed by atoms with Crippen molar-refractivity contribution in [3.63, 3.8) is 0 Å². The lowest BCUT2D eigenvalue weighted by molar-refractivity contribution is -0.159. The van der Waals surface area contributed by atoms with Gasteiger partial charge in [-0.05, 0) is 123 Å². The average Bonchev–Trinajstić information content (AvgIpc) is 3.70.